The fourth-order valence-corrected chi connectivity index (χ4v) is 2.39. The summed E-state index contributed by atoms with van der Waals surface area (Å²) in [5, 5.41) is 11.6. The number of aliphatic carboxylic acids is 1. The summed E-state index contributed by atoms with van der Waals surface area (Å²) >= 11 is 0. The Morgan fingerprint density at radius 3 is 2.35 bits per heavy atom. The SMILES string of the molecule is CC(C)C(NC(=O)CCC1CCCC1)C(=O)O. The number of amides is 1. The summed E-state index contributed by atoms with van der Waals surface area (Å²) in [4.78, 5) is 22.6. The minimum atomic E-state index is -0.950. The van der Waals surface area contributed by atoms with E-state index in [-0.39, 0.29) is 11.8 Å². The molecule has 1 saturated carbocycles. The molecule has 1 unspecified atom stereocenters. The van der Waals surface area contributed by atoms with E-state index in [9.17, 15) is 9.59 Å². The molecule has 0 radical (unpaired) electrons. The smallest absolute Gasteiger partial charge is 0.326 e. The molecule has 1 atom stereocenters. The van der Waals surface area contributed by atoms with E-state index in [4.69, 9.17) is 5.11 Å². The van der Waals surface area contributed by atoms with E-state index >= 15 is 0 Å². The maximum absolute atomic E-state index is 11.6. The highest BCUT2D eigenvalue weighted by molar-refractivity contribution is 5.83. The van der Waals surface area contributed by atoms with E-state index in [1.165, 1.54) is 25.7 Å². The molecule has 0 saturated heterocycles. The zero-order valence-corrected chi connectivity index (χ0v) is 10.7. The summed E-state index contributed by atoms with van der Waals surface area (Å²) < 4.78 is 0. The number of carboxylic acid groups (broad SMARTS) is 1. The average Bonchev–Trinajstić information content (AvgIpc) is 2.74. The van der Waals surface area contributed by atoms with Crippen LogP contribution in [0, 0.1) is 11.8 Å². The molecule has 0 heterocycles. The maximum Gasteiger partial charge on any atom is 0.326 e. The Morgan fingerprint density at radius 1 is 1.29 bits per heavy atom. The number of carbonyl (C=O) groups excluding carboxylic acids is 1. The molecule has 0 aromatic heterocycles. The Labute approximate surface area is 103 Å². The molecule has 98 valence electrons. The van der Waals surface area contributed by atoms with Crippen LogP contribution in [-0.2, 0) is 9.59 Å². The van der Waals surface area contributed by atoms with Gasteiger partial charge in [0.25, 0.3) is 0 Å². The highest BCUT2D eigenvalue weighted by Gasteiger charge is 2.24. The molecule has 1 aliphatic rings. The summed E-state index contributed by atoms with van der Waals surface area (Å²) in [7, 11) is 0. The van der Waals surface area contributed by atoms with E-state index in [1.807, 2.05) is 0 Å². The van der Waals surface area contributed by atoms with Crippen LogP contribution in [0.1, 0.15) is 52.4 Å². The van der Waals surface area contributed by atoms with Crippen molar-refractivity contribution >= 4 is 11.9 Å². The number of rotatable bonds is 6. The predicted octanol–water partition coefficient (Wildman–Crippen LogP) is 2.18. The molecule has 0 aromatic carbocycles. The van der Waals surface area contributed by atoms with Gasteiger partial charge in [0.05, 0.1) is 0 Å². The Hall–Kier alpha value is -1.06. The normalized spacial score (nSPS) is 18.3. The van der Waals surface area contributed by atoms with Crippen molar-refractivity contribution in [3.63, 3.8) is 0 Å². The molecule has 1 rings (SSSR count). The summed E-state index contributed by atoms with van der Waals surface area (Å²) in [5.74, 6) is -0.488. The van der Waals surface area contributed by atoms with Crippen molar-refractivity contribution in [1.82, 2.24) is 5.32 Å². The lowest BCUT2D eigenvalue weighted by molar-refractivity contribution is -0.143. The lowest BCUT2D eigenvalue weighted by Crippen LogP contribution is -2.44. The van der Waals surface area contributed by atoms with Crippen molar-refractivity contribution in [1.29, 1.82) is 0 Å². The van der Waals surface area contributed by atoms with Crippen LogP contribution in [0.4, 0.5) is 0 Å². The molecule has 1 fully saturated rings. The van der Waals surface area contributed by atoms with Crippen LogP contribution in [0.2, 0.25) is 0 Å². The quantitative estimate of drug-likeness (QED) is 0.749. The zero-order valence-electron chi connectivity index (χ0n) is 10.7. The van der Waals surface area contributed by atoms with Crippen LogP contribution < -0.4 is 5.32 Å². The third kappa shape index (κ3) is 4.75. The first-order valence-electron chi connectivity index (χ1n) is 6.53. The fraction of sp³-hybridized carbons (Fsp3) is 0.846. The Balaban J connectivity index is 2.29. The van der Waals surface area contributed by atoms with Gasteiger partial charge in [-0.2, -0.15) is 0 Å². The van der Waals surface area contributed by atoms with Crippen LogP contribution in [0.3, 0.4) is 0 Å². The number of carboxylic acids is 1. The fourth-order valence-electron chi connectivity index (χ4n) is 2.39. The van der Waals surface area contributed by atoms with Gasteiger partial charge in [-0.3, -0.25) is 4.79 Å². The van der Waals surface area contributed by atoms with Gasteiger partial charge in [0.15, 0.2) is 0 Å². The molecule has 0 aliphatic heterocycles. The minimum absolute atomic E-state index is 0.0806. The highest BCUT2D eigenvalue weighted by Crippen LogP contribution is 2.28. The molecule has 2 N–H and O–H groups in total. The van der Waals surface area contributed by atoms with E-state index in [0.717, 1.165) is 6.42 Å². The second kappa shape index (κ2) is 6.62. The van der Waals surface area contributed by atoms with Crippen molar-refractivity contribution in [2.75, 3.05) is 0 Å². The molecule has 4 nitrogen and oxygen atoms in total. The largest absolute Gasteiger partial charge is 0.480 e. The first-order chi connectivity index (χ1) is 8.00. The number of hydrogen-bond acceptors (Lipinski definition) is 2. The second-order valence-corrected chi connectivity index (χ2v) is 5.32. The summed E-state index contributed by atoms with van der Waals surface area (Å²) in [6.45, 7) is 3.60. The molecular weight excluding hydrogens is 218 g/mol. The van der Waals surface area contributed by atoms with E-state index < -0.39 is 12.0 Å². The zero-order chi connectivity index (χ0) is 12.8. The molecule has 0 bridgehead atoms. The van der Waals surface area contributed by atoms with Crippen LogP contribution in [0.5, 0.6) is 0 Å². The van der Waals surface area contributed by atoms with Crippen LogP contribution in [-0.4, -0.2) is 23.0 Å². The maximum atomic E-state index is 11.6. The number of carbonyl (C=O) groups is 2. The Kier molecular flexibility index (Phi) is 5.45. The van der Waals surface area contributed by atoms with Crippen LogP contribution in [0.25, 0.3) is 0 Å². The average molecular weight is 241 g/mol. The minimum Gasteiger partial charge on any atom is -0.480 e. The molecule has 1 aliphatic carbocycles. The summed E-state index contributed by atoms with van der Waals surface area (Å²) in [5.41, 5.74) is 0. The molecule has 0 aromatic rings. The predicted molar refractivity (Wildman–Crippen MR) is 65.6 cm³/mol. The summed E-state index contributed by atoms with van der Waals surface area (Å²) in [6.07, 6.45) is 6.35. The van der Waals surface area contributed by atoms with Crippen molar-refractivity contribution in [3.8, 4) is 0 Å². The van der Waals surface area contributed by atoms with E-state index in [0.29, 0.717) is 12.3 Å². The lowest BCUT2D eigenvalue weighted by Gasteiger charge is -2.18. The van der Waals surface area contributed by atoms with Crippen LogP contribution >= 0.6 is 0 Å². The van der Waals surface area contributed by atoms with Gasteiger partial charge in [-0.25, -0.2) is 4.79 Å². The van der Waals surface area contributed by atoms with E-state index in [2.05, 4.69) is 5.32 Å². The molecule has 1 amide bonds. The Morgan fingerprint density at radius 2 is 1.88 bits per heavy atom. The molecule has 17 heavy (non-hydrogen) atoms. The number of hydrogen-bond donors (Lipinski definition) is 2. The molecular formula is C13H23NO3. The van der Waals surface area contributed by atoms with Crippen molar-refractivity contribution in [2.45, 2.75) is 58.4 Å². The van der Waals surface area contributed by atoms with Gasteiger partial charge in [-0.1, -0.05) is 39.5 Å². The van der Waals surface area contributed by atoms with Gasteiger partial charge in [0.2, 0.25) is 5.91 Å². The first kappa shape index (κ1) is 14.0. The van der Waals surface area contributed by atoms with Gasteiger partial charge in [0, 0.05) is 6.42 Å². The van der Waals surface area contributed by atoms with Crippen molar-refractivity contribution in [2.24, 2.45) is 11.8 Å². The topological polar surface area (TPSA) is 66.4 Å². The van der Waals surface area contributed by atoms with Gasteiger partial charge in [0.1, 0.15) is 6.04 Å². The third-order valence-electron chi connectivity index (χ3n) is 3.50. The first-order valence-corrected chi connectivity index (χ1v) is 6.53. The van der Waals surface area contributed by atoms with Gasteiger partial charge in [-0.15, -0.1) is 0 Å². The summed E-state index contributed by atoms with van der Waals surface area (Å²) in [6, 6.07) is -0.758. The standard InChI is InChI=1S/C13H23NO3/c1-9(2)12(13(16)17)14-11(15)8-7-10-5-3-4-6-10/h9-10,12H,3-8H2,1-2H3,(H,14,15)(H,16,17). The number of nitrogens with one attached hydrogen (secondary N) is 1. The monoisotopic (exact) mass is 241 g/mol. The van der Waals surface area contributed by atoms with Gasteiger partial charge < -0.3 is 10.4 Å². The van der Waals surface area contributed by atoms with Crippen molar-refractivity contribution in [3.05, 3.63) is 0 Å². The van der Waals surface area contributed by atoms with Gasteiger partial charge in [-0.05, 0) is 18.3 Å². The third-order valence-corrected chi connectivity index (χ3v) is 3.50. The molecule has 0 spiro atoms. The van der Waals surface area contributed by atoms with E-state index in [1.54, 1.807) is 13.8 Å². The lowest BCUT2D eigenvalue weighted by atomic mass is 10.0. The van der Waals surface area contributed by atoms with Gasteiger partial charge >= 0.3 is 5.97 Å². The molecule has 4 heteroatoms. The Bertz CT molecular complexity index is 270. The highest BCUT2D eigenvalue weighted by atomic mass is 16.4. The van der Waals surface area contributed by atoms with Crippen LogP contribution in [0.15, 0.2) is 0 Å². The second-order valence-electron chi connectivity index (χ2n) is 5.32. The van der Waals surface area contributed by atoms with Crippen molar-refractivity contribution < 1.29 is 14.7 Å².